The zero-order valence-electron chi connectivity index (χ0n) is 11.5. The number of benzene rings is 1. The Morgan fingerprint density at radius 2 is 2.06 bits per heavy atom. The van der Waals surface area contributed by atoms with Gasteiger partial charge in [-0.05, 0) is 63.4 Å². The Morgan fingerprint density at radius 3 is 2.83 bits per heavy atom. The van der Waals surface area contributed by atoms with Gasteiger partial charge in [-0.1, -0.05) is 24.3 Å². The van der Waals surface area contributed by atoms with Gasteiger partial charge in [0.2, 0.25) is 0 Å². The minimum Gasteiger partial charge on any atom is -0.306 e. The largest absolute Gasteiger partial charge is 0.306 e. The highest BCUT2D eigenvalue weighted by Gasteiger charge is 2.19. The molecule has 1 unspecified atom stereocenters. The summed E-state index contributed by atoms with van der Waals surface area (Å²) < 4.78 is 0. The summed E-state index contributed by atoms with van der Waals surface area (Å²) in [7, 11) is 2.20. The molecule has 1 atom stereocenters. The van der Waals surface area contributed by atoms with Crippen LogP contribution in [0.5, 0.6) is 0 Å². The van der Waals surface area contributed by atoms with Crippen LogP contribution in [0, 0.1) is 0 Å². The molecule has 0 saturated carbocycles. The molecule has 2 rings (SSSR count). The molecule has 0 radical (unpaired) electrons. The Morgan fingerprint density at radius 1 is 1.28 bits per heavy atom. The van der Waals surface area contributed by atoms with Crippen molar-refractivity contribution >= 4 is 5.78 Å². The molecule has 0 aliphatic carbocycles. The van der Waals surface area contributed by atoms with Crippen molar-refractivity contribution in [3.8, 4) is 0 Å². The van der Waals surface area contributed by atoms with Gasteiger partial charge in [-0.25, -0.2) is 0 Å². The van der Waals surface area contributed by atoms with Crippen molar-refractivity contribution in [3.05, 3.63) is 35.4 Å². The summed E-state index contributed by atoms with van der Waals surface area (Å²) in [6.45, 7) is 4.04. The number of rotatable bonds is 3. The fraction of sp³-hybridized carbons (Fsp3) is 0.562. The second-order valence-corrected chi connectivity index (χ2v) is 5.51. The van der Waals surface area contributed by atoms with Gasteiger partial charge < -0.3 is 4.90 Å². The first-order valence-electron chi connectivity index (χ1n) is 6.92. The van der Waals surface area contributed by atoms with Gasteiger partial charge in [0.05, 0.1) is 0 Å². The van der Waals surface area contributed by atoms with Gasteiger partial charge in [-0.3, -0.25) is 4.79 Å². The number of hydrogen-bond donors (Lipinski definition) is 0. The quantitative estimate of drug-likeness (QED) is 0.816. The molecule has 0 bridgehead atoms. The second kappa shape index (κ2) is 6.14. The van der Waals surface area contributed by atoms with E-state index in [2.05, 4.69) is 30.1 Å². The number of Topliss-reactive ketones (excluding diaryl/α,β-unsaturated/α-hetero) is 1. The number of ketones is 1. The molecule has 98 valence electrons. The Labute approximate surface area is 110 Å². The molecule has 1 aromatic carbocycles. The van der Waals surface area contributed by atoms with E-state index in [1.807, 2.05) is 6.07 Å². The molecule has 2 nitrogen and oxygen atoms in total. The van der Waals surface area contributed by atoms with Crippen LogP contribution >= 0.6 is 0 Å². The van der Waals surface area contributed by atoms with E-state index in [9.17, 15) is 4.79 Å². The van der Waals surface area contributed by atoms with Crippen molar-refractivity contribution in [2.24, 2.45) is 0 Å². The first-order valence-corrected chi connectivity index (χ1v) is 6.92. The van der Waals surface area contributed by atoms with Crippen LogP contribution in [0.25, 0.3) is 0 Å². The topological polar surface area (TPSA) is 20.3 Å². The Balaban J connectivity index is 2.18. The Kier molecular flexibility index (Phi) is 4.54. The fourth-order valence-electron chi connectivity index (χ4n) is 2.91. The molecule has 0 aromatic heterocycles. The molecule has 18 heavy (non-hydrogen) atoms. The first-order chi connectivity index (χ1) is 8.66. The summed E-state index contributed by atoms with van der Waals surface area (Å²) in [6, 6.07) is 8.48. The highest BCUT2D eigenvalue weighted by Crippen LogP contribution is 2.30. The summed E-state index contributed by atoms with van der Waals surface area (Å²) in [5, 5.41) is 0. The summed E-state index contributed by atoms with van der Waals surface area (Å²) in [5.74, 6) is 0.888. The molecule has 0 N–H and O–H groups in total. The summed E-state index contributed by atoms with van der Waals surface area (Å²) in [6.07, 6.45) is 4.31. The lowest BCUT2D eigenvalue weighted by Crippen LogP contribution is -2.18. The molecule has 1 aliphatic rings. The van der Waals surface area contributed by atoms with Crippen LogP contribution in [0.4, 0.5) is 0 Å². The van der Waals surface area contributed by atoms with Gasteiger partial charge in [0, 0.05) is 6.42 Å². The third-order valence-electron chi connectivity index (χ3n) is 3.89. The normalized spacial score (nSPS) is 21.6. The zero-order valence-corrected chi connectivity index (χ0v) is 11.5. The van der Waals surface area contributed by atoms with E-state index in [-0.39, 0.29) is 5.78 Å². The van der Waals surface area contributed by atoms with Crippen LogP contribution in [0.2, 0.25) is 0 Å². The SMILES string of the molecule is CC(=O)Cc1ccccc1C1CCCN(C)CC1. The van der Waals surface area contributed by atoms with Gasteiger partial charge in [0.15, 0.2) is 0 Å². The monoisotopic (exact) mass is 245 g/mol. The Bertz CT molecular complexity index is 413. The zero-order chi connectivity index (χ0) is 13.0. The molecule has 1 fully saturated rings. The first kappa shape index (κ1) is 13.3. The number of nitrogens with zero attached hydrogens (tertiary/aromatic N) is 1. The number of hydrogen-bond acceptors (Lipinski definition) is 2. The van der Waals surface area contributed by atoms with E-state index in [1.165, 1.54) is 43.5 Å². The maximum Gasteiger partial charge on any atom is 0.134 e. The van der Waals surface area contributed by atoms with Crippen molar-refractivity contribution < 1.29 is 4.79 Å². The van der Waals surface area contributed by atoms with Crippen LogP contribution in [0.1, 0.15) is 43.2 Å². The standard InChI is InChI=1S/C16H23NO/c1-13(18)12-15-6-3-4-8-16(15)14-7-5-10-17(2)11-9-14/h3-4,6,8,14H,5,7,9-12H2,1-2H3. The van der Waals surface area contributed by atoms with Crippen LogP contribution in [-0.4, -0.2) is 30.8 Å². The van der Waals surface area contributed by atoms with E-state index in [4.69, 9.17) is 0 Å². The lowest BCUT2D eigenvalue weighted by Gasteiger charge is -2.18. The number of likely N-dealkylation sites (tertiary alicyclic amines) is 1. The molecule has 1 saturated heterocycles. The van der Waals surface area contributed by atoms with Gasteiger partial charge in [0.25, 0.3) is 0 Å². The Hall–Kier alpha value is -1.15. The average molecular weight is 245 g/mol. The van der Waals surface area contributed by atoms with E-state index in [0.717, 1.165) is 0 Å². The van der Waals surface area contributed by atoms with Crippen LogP contribution < -0.4 is 0 Å². The average Bonchev–Trinajstić information content (AvgIpc) is 2.54. The molecule has 1 aromatic rings. The lowest BCUT2D eigenvalue weighted by atomic mass is 9.87. The smallest absolute Gasteiger partial charge is 0.134 e. The maximum atomic E-state index is 11.4. The van der Waals surface area contributed by atoms with E-state index in [1.54, 1.807) is 6.92 Å². The third kappa shape index (κ3) is 3.42. The van der Waals surface area contributed by atoms with Crippen molar-refractivity contribution in [2.45, 2.75) is 38.5 Å². The molecule has 2 heteroatoms. The van der Waals surface area contributed by atoms with Crippen molar-refractivity contribution in [1.29, 1.82) is 0 Å². The minimum atomic E-state index is 0.258. The van der Waals surface area contributed by atoms with Crippen LogP contribution in [0.15, 0.2) is 24.3 Å². The highest BCUT2D eigenvalue weighted by atomic mass is 16.1. The van der Waals surface area contributed by atoms with E-state index < -0.39 is 0 Å². The van der Waals surface area contributed by atoms with Crippen molar-refractivity contribution in [2.75, 3.05) is 20.1 Å². The van der Waals surface area contributed by atoms with E-state index >= 15 is 0 Å². The summed E-state index contributed by atoms with van der Waals surface area (Å²) in [4.78, 5) is 13.8. The molecular formula is C16H23NO. The van der Waals surface area contributed by atoms with Crippen molar-refractivity contribution in [1.82, 2.24) is 4.90 Å². The third-order valence-corrected chi connectivity index (χ3v) is 3.89. The van der Waals surface area contributed by atoms with Crippen molar-refractivity contribution in [3.63, 3.8) is 0 Å². The predicted octanol–water partition coefficient (Wildman–Crippen LogP) is 3.02. The molecule has 1 heterocycles. The molecule has 0 amide bonds. The number of carbonyl (C=O) groups is 1. The second-order valence-electron chi connectivity index (χ2n) is 5.51. The van der Waals surface area contributed by atoms with Crippen LogP contribution in [0.3, 0.4) is 0 Å². The summed E-state index contributed by atoms with van der Waals surface area (Å²) in [5.41, 5.74) is 2.64. The maximum absolute atomic E-state index is 11.4. The van der Waals surface area contributed by atoms with E-state index in [0.29, 0.717) is 12.3 Å². The highest BCUT2D eigenvalue weighted by molar-refractivity contribution is 5.78. The van der Waals surface area contributed by atoms with Gasteiger partial charge in [-0.2, -0.15) is 0 Å². The predicted molar refractivity (Wildman–Crippen MR) is 74.9 cm³/mol. The summed E-state index contributed by atoms with van der Waals surface area (Å²) >= 11 is 0. The van der Waals surface area contributed by atoms with Crippen LogP contribution in [-0.2, 0) is 11.2 Å². The van der Waals surface area contributed by atoms with Gasteiger partial charge in [0.1, 0.15) is 5.78 Å². The molecule has 0 spiro atoms. The van der Waals surface area contributed by atoms with Gasteiger partial charge in [-0.15, -0.1) is 0 Å². The van der Waals surface area contributed by atoms with Gasteiger partial charge >= 0.3 is 0 Å². The lowest BCUT2D eigenvalue weighted by molar-refractivity contribution is -0.116. The minimum absolute atomic E-state index is 0.258. The molecular weight excluding hydrogens is 222 g/mol. The molecule has 1 aliphatic heterocycles. The number of carbonyl (C=O) groups excluding carboxylic acids is 1. The fourth-order valence-corrected chi connectivity index (χ4v) is 2.91.